The molecule has 0 radical (unpaired) electrons. The minimum absolute atomic E-state index is 0.0623. The van der Waals surface area contributed by atoms with Crippen LogP contribution in [0, 0.1) is 0 Å². The van der Waals surface area contributed by atoms with Crippen molar-refractivity contribution in [2.75, 3.05) is 26.3 Å². The van der Waals surface area contributed by atoms with E-state index in [0.717, 1.165) is 42.5 Å². The Labute approximate surface area is 133 Å². The molecule has 1 aromatic heterocycles. The lowest BCUT2D eigenvalue weighted by molar-refractivity contribution is -0.183. The monoisotopic (exact) mass is 356 g/mol. The maximum atomic E-state index is 12.8. The molecule has 21 heavy (non-hydrogen) atoms. The van der Waals surface area contributed by atoms with Gasteiger partial charge in [-0.05, 0) is 34.8 Å². The molecule has 1 spiro atoms. The van der Waals surface area contributed by atoms with Crippen LogP contribution in [0.1, 0.15) is 36.7 Å². The van der Waals surface area contributed by atoms with Crippen molar-refractivity contribution in [1.29, 1.82) is 0 Å². The topological polar surface area (TPSA) is 43.7 Å². The van der Waals surface area contributed by atoms with E-state index in [9.17, 15) is 4.79 Å². The third-order valence-electron chi connectivity index (χ3n) is 4.07. The van der Waals surface area contributed by atoms with E-state index < -0.39 is 5.79 Å². The number of carbonyl (C=O) groups is 1. The van der Waals surface area contributed by atoms with Crippen molar-refractivity contribution < 1.29 is 14.3 Å². The third-order valence-corrected chi connectivity index (χ3v) is 4.50. The van der Waals surface area contributed by atoms with Crippen LogP contribution in [0.4, 0.5) is 0 Å². The summed E-state index contributed by atoms with van der Waals surface area (Å²) in [6.07, 6.45) is 4.76. The number of amides is 1. The molecule has 0 saturated carbocycles. The number of piperidine rings is 1. The highest BCUT2D eigenvalue weighted by Gasteiger charge is 2.42. The van der Waals surface area contributed by atoms with Gasteiger partial charge in [0.2, 0.25) is 0 Å². The van der Waals surface area contributed by atoms with Crippen LogP contribution in [0.25, 0.3) is 0 Å². The van der Waals surface area contributed by atoms with Gasteiger partial charge < -0.3 is 18.9 Å². The predicted molar refractivity (Wildman–Crippen MR) is 82.2 cm³/mol. The Balaban J connectivity index is 1.78. The van der Waals surface area contributed by atoms with E-state index >= 15 is 0 Å². The van der Waals surface area contributed by atoms with Gasteiger partial charge in [0.25, 0.3) is 5.91 Å². The average molecular weight is 357 g/mol. The highest BCUT2D eigenvalue weighted by molar-refractivity contribution is 9.10. The normalized spacial score (nSPS) is 21.1. The molecule has 3 rings (SSSR count). The first-order chi connectivity index (χ1) is 10.1. The van der Waals surface area contributed by atoms with Gasteiger partial charge in [0.15, 0.2) is 5.79 Å². The van der Waals surface area contributed by atoms with Gasteiger partial charge in [-0.15, -0.1) is 0 Å². The van der Waals surface area contributed by atoms with E-state index in [1.165, 1.54) is 0 Å². The smallest absolute Gasteiger partial charge is 0.270 e. The van der Waals surface area contributed by atoms with Crippen molar-refractivity contribution in [3.05, 3.63) is 22.4 Å². The molecule has 0 bridgehead atoms. The minimum Gasteiger partial charge on any atom is -0.346 e. The number of rotatable bonds is 3. The number of likely N-dealkylation sites (tertiary alicyclic amines) is 1. The summed E-state index contributed by atoms with van der Waals surface area (Å²) in [6.45, 7) is 5.50. The fraction of sp³-hybridized carbons (Fsp3) is 0.667. The standard InChI is InChI=1S/C15H21BrN2O3/c1-2-5-17-10-12(16)9-13(17)14(19)18-6-3-4-15(11-18)20-7-8-21-15/h9-10H,2-8,11H2,1H3. The van der Waals surface area contributed by atoms with Gasteiger partial charge in [-0.25, -0.2) is 0 Å². The third kappa shape index (κ3) is 3.03. The lowest BCUT2D eigenvalue weighted by atomic mass is 10.0. The summed E-state index contributed by atoms with van der Waals surface area (Å²) in [7, 11) is 0. The summed E-state index contributed by atoms with van der Waals surface area (Å²) in [6, 6.07) is 1.90. The second-order valence-corrected chi connectivity index (χ2v) is 6.59. The van der Waals surface area contributed by atoms with Gasteiger partial charge in [-0.3, -0.25) is 4.79 Å². The summed E-state index contributed by atoms with van der Waals surface area (Å²) in [5.74, 6) is -0.500. The molecule has 0 aliphatic carbocycles. The SMILES string of the molecule is CCCn1cc(Br)cc1C(=O)N1CCCC2(C1)OCCO2. The summed E-state index contributed by atoms with van der Waals surface area (Å²) in [5, 5.41) is 0. The van der Waals surface area contributed by atoms with Crippen LogP contribution in [-0.2, 0) is 16.0 Å². The molecule has 0 atom stereocenters. The maximum absolute atomic E-state index is 12.8. The number of halogens is 1. The summed E-state index contributed by atoms with van der Waals surface area (Å²) in [4.78, 5) is 14.7. The van der Waals surface area contributed by atoms with Crippen molar-refractivity contribution in [3.63, 3.8) is 0 Å². The van der Waals surface area contributed by atoms with Crippen LogP contribution in [-0.4, -0.2) is 47.5 Å². The van der Waals surface area contributed by atoms with E-state index in [-0.39, 0.29) is 5.91 Å². The van der Waals surface area contributed by atoms with Crippen LogP contribution in [0.2, 0.25) is 0 Å². The number of carbonyl (C=O) groups excluding carboxylic acids is 1. The summed E-state index contributed by atoms with van der Waals surface area (Å²) >= 11 is 3.46. The number of ether oxygens (including phenoxy) is 2. The van der Waals surface area contributed by atoms with E-state index in [1.807, 2.05) is 21.7 Å². The first-order valence-corrected chi connectivity index (χ1v) is 8.36. The van der Waals surface area contributed by atoms with Crippen LogP contribution in [0.15, 0.2) is 16.7 Å². The Bertz CT molecular complexity index is 523. The molecule has 1 aromatic rings. The van der Waals surface area contributed by atoms with Crippen LogP contribution < -0.4 is 0 Å². The first-order valence-electron chi connectivity index (χ1n) is 7.56. The molecule has 116 valence electrons. The first kappa shape index (κ1) is 15.1. The van der Waals surface area contributed by atoms with Crippen molar-refractivity contribution in [1.82, 2.24) is 9.47 Å². The largest absolute Gasteiger partial charge is 0.346 e. The highest BCUT2D eigenvalue weighted by Crippen LogP contribution is 2.31. The van der Waals surface area contributed by atoms with Gasteiger partial charge >= 0.3 is 0 Å². The predicted octanol–water partition coefficient (Wildman–Crippen LogP) is 2.64. The molecular weight excluding hydrogens is 336 g/mol. The molecule has 3 heterocycles. The second kappa shape index (κ2) is 6.10. The molecule has 5 nitrogen and oxygen atoms in total. The lowest BCUT2D eigenvalue weighted by Crippen LogP contribution is -2.51. The number of aryl methyl sites for hydroxylation is 1. The Morgan fingerprint density at radius 2 is 2.19 bits per heavy atom. The van der Waals surface area contributed by atoms with Gasteiger partial charge in [-0.2, -0.15) is 0 Å². The number of hydrogen-bond acceptors (Lipinski definition) is 3. The van der Waals surface area contributed by atoms with Crippen molar-refractivity contribution in [2.45, 2.75) is 38.5 Å². The Morgan fingerprint density at radius 1 is 1.43 bits per heavy atom. The van der Waals surface area contributed by atoms with Crippen molar-refractivity contribution in [3.8, 4) is 0 Å². The fourth-order valence-electron chi connectivity index (χ4n) is 3.14. The summed E-state index contributed by atoms with van der Waals surface area (Å²) in [5.41, 5.74) is 0.735. The molecule has 6 heteroatoms. The molecule has 0 N–H and O–H groups in total. The van der Waals surface area contributed by atoms with Gasteiger partial charge in [0.05, 0.1) is 19.8 Å². The zero-order valence-corrected chi connectivity index (χ0v) is 13.9. The molecule has 0 unspecified atom stereocenters. The van der Waals surface area contributed by atoms with Crippen molar-refractivity contribution >= 4 is 21.8 Å². The average Bonchev–Trinajstić information content (AvgIpc) is 3.06. The van der Waals surface area contributed by atoms with Crippen molar-refractivity contribution in [2.24, 2.45) is 0 Å². The second-order valence-electron chi connectivity index (χ2n) is 5.67. The quantitative estimate of drug-likeness (QED) is 0.836. The fourth-order valence-corrected chi connectivity index (χ4v) is 3.60. The van der Waals surface area contributed by atoms with Crippen LogP contribution in [0.5, 0.6) is 0 Å². The number of aromatic nitrogens is 1. The van der Waals surface area contributed by atoms with Crippen LogP contribution >= 0.6 is 15.9 Å². The number of hydrogen-bond donors (Lipinski definition) is 0. The van der Waals surface area contributed by atoms with Gasteiger partial charge in [0.1, 0.15) is 5.69 Å². The molecule has 2 fully saturated rings. The van der Waals surface area contributed by atoms with E-state index in [2.05, 4.69) is 22.9 Å². The minimum atomic E-state index is -0.562. The van der Waals surface area contributed by atoms with E-state index in [4.69, 9.17) is 9.47 Å². The molecule has 2 saturated heterocycles. The Morgan fingerprint density at radius 3 is 2.90 bits per heavy atom. The molecule has 0 aromatic carbocycles. The van der Waals surface area contributed by atoms with E-state index in [1.54, 1.807) is 0 Å². The van der Waals surface area contributed by atoms with Gasteiger partial charge in [0, 0.05) is 30.2 Å². The Hall–Kier alpha value is -0.850. The zero-order chi connectivity index (χ0) is 14.9. The van der Waals surface area contributed by atoms with Gasteiger partial charge in [-0.1, -0.05) is 6.92 Å². The zero-order valence-electron chi connectivity index (χ0n) is 12.3. The molecular formula is C15H21BrN2O3. The molecule has 2 aliphatic rings. The summed E-state index contributed by atoms with van der Waals surface area (Å²) < 4.78 is 14.5. The molecule has 1 amide bonds. The van der Waals surface area contributed by atoms with E-state index in [0.29, 0.717) is 19.8 Å². The lowest BCUT2D eigenvalue weighted by Gasteiger charge is -2.38. The molecule has 2 aliphatic heterocycles. The maximum Gasteiger partial charge on any atom is 0.270 e. The number of nitrogens with zero attached hydrogens (tertiary/aromatic N) is 2. The van der Waals surface area contributed by atoms with Crippen LogP contribution in [0.3, 0.4) is 0 Å². The highest BCUT2D eigenvalue weighted by atomic mass is 79.9. The Kier molecular flexibility index (Phi) is 4.38.